The van der Waals surface area contributed by atoms with Crippen molar-refractivity contribution in [3.63, 3.8) is 0 Å². The number of hydrogen-bond donors (Lipinski definition) is 2. The van der Waals surface area contributed by atoms with Crippen LogP contribution in [-0.2, 0) is 13.6 Å². The predicted molar refractivity (Wildman–Crippen MR) is 122 cm³/mol. The average Bonchev–Trinajstić information content (AvgIpc) is 3.08. The molecule has 4 rings (SSSR count). The van der Waals surface area contributed by atoms with Gasteiger partial charge in [-0.25, -0.2) is 10.2 Å². The molecule has 0 spiro atoms. The number of halogens is 2. The minimum atomic E-state index is -0.534. The number of aromatic nitrogens is 4. The maximum atomic E-state index is 12.5. The van der Waals surface area contributed by atoms with Crippen LogP contribution in [0.25, 0.3) is 11.2 Å². The molecular weight excluding hydrogens is 472 g/mol. The fourth-order valence-corrected chi connectivity index (χ4v) is 3.35. The van der Waals surface area contributed by atoms with Crippen molar-refractivity contribution in [3.8, 4) is 0 Å². The van der Waals surface area contributed by atoms with Crippen LogP contribution in [-0.4, -0.2) is 25.3 Å². The highest BCUT2D eigenvalue weighted by molar-refractivity contribution is 9.10. The summed E-state index contributed by atoms with van der Waals surface area (Å²) in [5.74, 6) is 0.333. The van der Waals surface area contributed by atoms with Crippen molar-refractivity contribution < 1.29 is 0 Å². The van der Waals surface area contributed by atoms with E-state index in [1.165, 1.54) is 4.57 Å². The van der Waals surface area contributed by atoms with E-state index in [9.17, 15) is 9.59 Å². The second kappa shape index (κ2) is 8.29. The molecule has 2 heterocycles. The van der Waals surface area contributed by atoms with Crippen LogP contribution in [0.4, 0.5) is 5.95 Å². The molecule has 4 aromatic rings. The van der Waals surface area contributed by atoms with Gasteiger partial charge < -0.3 is 0 Å². The molecule has 0 fully saturated rings. The van der Waals surface area contributed by atoms with Gasteiger partial charge in [-0.1, -0.05) is 51.8 Å². The topological polar surface area (TPSA) is 97.1 Å². The number of aromatic amines is 1. The number of anilines is 1. The Bertz CT molecular complexity index is 1350. The molecule has 0 atom stereocenters. The fourth-order valence-electron chi connectivity index (χ4n) is 2.96. The highest BCUT2D eigenvalue weighted by atomic mass is 79.9. The van der Waals surface area contributed by atoms with E-state index in [-0.39, 0.29) is 11.2 Å². The maximum absolute atomic E-state index is 12.5. The number of nitrogens with one attached hydrogen (secondary N) is 2. The lowest BCUT2D eigenvalue weighted by molar-refractivity contribution is 0.808. The molecule has 0 radical (unpaired) electrons. The Kier molecular flexibility index (Phi) is 5.56. The lowest BCUT2D eigenvalue weighted by atomic mass is 10.2. The molecule has 0 saturated heterocycles. The van der Waals surface area contributed by atoms with Gasteiger partial charge in [0.05, 0.1) is 12.8 Å². The molecule has 8 nitrogen and oxygen atoms in total. The summed E-state index contributed by atoms with van der Waals surface area (Å²) in [5, 5.41) is 4.86. The van der Waals surface area contributed by atoms with Crippen molar-refractivity contribution in [2.24, 2.45) is 12.1 Å². The zero-order valence-electron chi connectivity index (χ0n) is 15.8. The van der Waals surface area contributed by atoms with Crippen LogP contribution in [0, 0.1) is 0 Å². The van der Waals surface area contributed by atoms with Crippen molar-refractivity contribution in [2.75, 3.05) is 5.43 Å². The van der Waals surface area contributed by atoms with Crippen LogP contribution in [0.5, 0.6) is 0 Å². The van der Waals surface area contributed by atoms with Gasteiger partial charge in [-0.3, -0.25) is 18.9 Å². The summed E-state index contributed by atoms with van der Waals surface area (Å²) in [5.41, 5.74) is 4.17. The Morgan fingerprint density at radius 3 is 2.57 bits per heavy atom. The average molecular weight is 488 g/mol. The molecule has 0 amide bonds. The first-order valence-corrected chi connectivity index (χ1v) is 10.1. The van der Waals surface area contributed by atoms with E-state index in [4.69, 9.17) is 11.6 Å². The van der Waals surface area contributed by atoms with E-state index in [1.807, 2.05) is 36.4 Å². The second-order valence-electron chi connectivity index (χ2n) is 6.56. The van der Waals surface area contributed by atoms with Gasteiger partial charge >= 0.3 is 5.69 Å². The molecule has 0 aliphatic carbocycles. The van der Waals surface area contributed by atoms with Crippen LogP contribution in [0.15, 0.2) is 67.7 Å². The molecule has 0 saturated carbocycles. The minimum absolute atomic E-state index is 0.263. The Labute approximate surface area is 184 Å². The summed E-state index contributed by atoms with van der Waals surface area (Å²) in [6.45, 7) is 0.338. The lowest BCUT2D eigenvalue weighted by Crippen LogP contribution is -2.29. The Hall–Kier alpha value is -3.17. The van der Waals surface area contributed by atoms with E-state index < -0.39 is 11.2 Å². The van der Waals surface area contributed by atoms with E-state index in [0.717, 1.165) is 15.6 Å². The first-order chi connectivity index (χ1) is 14.4. The SMILES string of the molecule is Cn1c(=O)[nH]c(=O)c2c1nc(N/N=C/c1ccc(Br)cc1)n2Cc1ccc(Cl)cc1. The Morgan fingerprint density at radius 2 is 1.87 bits per heavy atom. The molecule has 0 unspecified atom stereocenters. The van der Waals surface area contributed by atoms with E-state index in [2.05, 4.69) is 36.4 Å². The van der Waals surface area contributed by atoms with E-state index >= 15 is 0 Å². The number of aryl methyl sites for hydroxylation is 1. The van der Waals surface area contributed by atoms with Crippen molar-refractivity contribution in [3.05, 3.63) is 90.0 Å². The normalized spacial score (nSPS) is 11.4. The zero-order chi connectivity index (χ0) is 21.3. The summed E-state index contributed by atoms with van der Waals surface area (Å²) in [6.07, 6.45) is 1.64. The summed E-state index contributed by atoms with van der Waals surface area (Å²) in [4.78, 5) is 31.3. The number of nitrogens with zero attached hydrogens (tertiary/aromatic N) is 4. The number of hydrogen-bond acceptors (Lipinski definition) is 5. The summed E-state index contributed by atoms with van der Waals surface area (Å²) in [6, 6.07) is 14.9. The molecular formula is C20H16BrClN6O2. The third kappa shape index (κ3) is 4.07. The standard InChI is InChI=1S/C20H16BrClN6O2/c1-27-17-16(18(29)25-20(27)30)28(11-13-4-8-15(22)9-5-13)19(24-17)26-23-10-12-2-6-14(21)7-3-12/h2-10H,11H2,1H3,(H,24,26)(H,25,29,30)/b23-10+. The first-order valence-electron chi connectivity index (χ1n) is 8.91. The van der Waals surface area contributed by atoms with Gasteiger partial charge in [-0.2, -0.15) is 10.1 Å². The van der Waals surface area contributed by atoms with Crippen LogP contribution in [0.1, 0.15) is 11.1 Å². The summed E-state index contributed by atoms with van der Waals surface area (Å²) >= 11 is 9.37. The highest BCUT2D eigenvalue weighted by Crippen LogP contribution is 2.19. The predicted octanol–water partition coefficient (Wildman–Crippen LogP) is 3.33. The highest BCUT2D eigenvalue weighted by Gasteiger charge is 2.17. The van der Waals surface area contributed by atoms with Crippen LogP contribution in [0.2, 0.25) is 5.02 Å². The van der Waals surface area contributed by atoms with Crippen molar-refractivity contribution in [1.29, 1.82) is 0 Å². The number of benzene rings is 2. The lowest BCUT2D eigenvalue weighted by Gasteiger charge is -2.08. The molecule has 0 bridgehead atoms. The minimum Gasteiger partial charge on any atom is -0.298 e. The van der Waals surface area contributed by atoms with E-state index in [0.29, 0.717) is 17.5 Å². The van der Waals surface area contributed by atoms with Gasteiger partial charge in [0.1, 0.15) is 0 Å². The van der Waals surface area contributed by atoms with Gasteiger partial charge in [0, 0.05) is 16.5 Å². The van der Waals surface area contributed by atoms with E-state index in [1.54, 1.807) is 30.0 Å². The molecule has 0 aliphatic heterocycles. The molecule has 30 heavy (non-hydrogen) atoms. The number of hydrazone groups is 1. The molecule has 10 heteroatoms. The van der Waals surface area contributed by atoms with Crippen molar-refractivity contribution in [2.45, 2.75) is 6.54 Å². The number of fused-ring (bicyclic) bond motifs is 1. The van der Waals surface area contributed by atoms with Gasteiger partial charge in [0.2, 0.25) is 5.95 Å². The molecule has 2 N–H and O–H groups in total. The molecule has 2 aromatic carbocycles. The smallest absolute Gasteiger partial charge is 0.298 e. The van der Waals surface area contributed by atoms with Gasteiger partial charge in [0.25, 0.3) is 5.56 Å². The number of H-pyrrole nitrogens is 1. The van der Waals surface area contributed by atoms with Crippen LogP contribution >= 0.6 is 27.5 Å². The van der Waals surface area contributed by atoms with Gasteiger partial charge in [-0.15, -0.1) is 0 Å². The molecule has 152 valence electrons. The quantitative estimate of drug-likeness (QED) is 0.333. The molecule has 2 aromatic heterocycles. The summed E-state index contributed by atoms with van der Waals surface area (Å²) < 4.78 is 3.94. The summed E-state index contributed by atoms with van der Waals surface area (Å²) in [7, 11) is 1.55. The third-order valence-electron chi connectivity index (χ3n) is 4.51. The number of rotatable bonds is 5. The first kappa shape index (κ1) is 20.1. The monoisotopic (exact) mass is 486 g/mol. The Balaban J connectivity index is 1.77. The van der Waals surface area contributed by atoms with Crippen molar-refractivity contribution in [1.82, 2.24) is 19.1 Å². The van der Waals surface area contributed by atoms with Gasteiger partial charge in [0.15, 0.2) is 11.2 Å². The number of imidazole rings is 1. The fraction of sp³-hybridized carbons (Fsp3) is 0.100. The van der Waals surface area contributed by atoms with Crippen LogP contribution in [0.3, 0.4) is 0 Å². The second-order valence-corrected chi connectivity index (χ2v) is 7.91. The van der Waals surface area contributed by atoms with Crippen LogP contribution < -0.4 is 16.7 Å². The molecule has 0 aliphatic rings. The van der Waals surface area contributed by atoms with Gasteiger partial charge in [-0.05, 0) is 35.4 Å². The van der Waals surface area contributed by atoms with Crippen molar-refractivity contribution >= 4 is 50.9 Å². The maximum Gasteiger partial charge on any atom is 0.329 e. The third-order valence-corrected chi connectivity index (χ3v) is 5.29. The largest absolute Gasteiger partial charge is 0.329 e. The zero-order valence-corrected chi connectivity index (χ0v) is 18.1. The Morgan fingerprint density at radius 1 is 1.17 bits per heavy atom.